The first kappa shape index (κ1) is 12.2. The van der Waals surface area contributed by atoms with Crippen molar-refractivity contribution in [1.29, 1.82) is 0 Å². The largest absolute Gasteiger partial charge is 0.450 e. The summed E-state index contributed by atoms with van der Waals surface area (Å²) in [6.07, 6.45) is 1.91. The number of fused-ring (bicyclic) bond motifs is 3. The summed E-state index contributed by atoms with van der Waals surface area (Å²) < 4.78 is 5.93. The van der Waals surface area contributed by atoms with Crippen molar-refractivity contribution in [2.75, 3.05) is 11.6 Å². The number of aromatic nitrogens is 3. The number of rotatable bonds is 1. The van der Waals surface area contributed by atoms with Crippen molar-refractivity contribution in [3.8, 4) is 17.1 Å². The fourth-order valence-electron chi connectivity index (χ4n) is 2.01. The maximum atomic E-state index is 5.93. The van der Waals surface area contributed by atoms with Crippen LogP contribution in [0.5, 0.6) is 5.88 Å². The first-order chi connectivity index (χ1) is 9.09. The zero-order chi connectivity index (χ0) is 13.5. The molecule has 1 aliphatic heterocycles. The van der Waals surface area contributed by atoms with Gasteiger partial charge in [0.15, 0.2) is 11.4 Å². The monoisotopic (exact) mass is 274 g/mol. The molecule has 0 saturated heterocycles. The second-order valence-electron chi connectivity index (χ2n) is 4.74. The van der Waals surface area contributed by atoms with Gasteiger partial charge in [0.25, 0.3) is 0 Å². The predicted molar refractivity (Wildman–Crippen MR) is 75.4 cm³/mol. The Morgan fingerprint density at radius 3 is 2.79 bits per heavy atom. The van der Waals surface area contributed by atoms with Crippen LogP contribution in [0.2, 0.25) is 0 Å². The number of thioether (sulfide) groups is 1. The topological polar surface area (TPSA) is 59.9 Å². The van der Waals surface area contributed by atoms with Gasteiger partial charge in [0.1, 0.15) is 0 Å². The van der Waals surface area contributed by atoms with Gasteiger partial charge in [-0.2, -0.15) is 4.98 Å². The van der Waals surface area contributed by atoms with Crippen molar-refractivity contribution in [1.82, 2.24) is 15.2 Å². The molecule has 5 nitrogen and oxygen atoms in total. The van der Waals surface area contributed by atoms with Crippen LogP contribution < -0.4 is 10.1 Å². The normalized spacial score (nSPS) is 15.5. The summed E-state index contributed by atoms with van der Waals surface area (Å²) >= 11 is 1.44. The van der Waals surface area contributed by atoms with Crippen LogP contribution >= 0.6 is 11.8 Å². The summed E-state index contributed by atoms with van der Waals surface area (Å²) in [7, 11) is 0. The van der Waals surface area contributed by atoms with Crippen LogP contribution in [0.4, 0.5) is 5.69 Å². The molecule has 0 spiro atoms. The third-order valence-corrected chi connectivity index (χ3v) is 3.33. The molecule has 0 bridgehead atoms. The van der Waals surface area contributed by atoms with Gasteiger partial charge in [-0.05, 0) is 26.2 Å². The maximum absolute atomic E-state index is 5.93. The number of nitrogens with one attached hydrogen (secondary N) is 1. The number of para-hydroxylation sites is 1. The second-order valence-corrected chi connectivity index (χ2v) is 5.51. The number of hydrogen-bond donors (Lipinski definition) is 1. The average Bonchev–Trinajstić information content (AvgIpc) is 2.49. The van der Waals surface area contributed by atoms with Crippen molar-refractivity contribution in [3.63, 3.8) is 0 Å². The molecule has 1 aliphatic rings. The molecule has 0 amide bonds. The van der Waals surface area contributed by atoms with Gasteiger partial charge in [-0.25, -0.2) is 0 Å². The van der Waals surface area contributed by atoms with Crippen molar-refractivity contribution in [2.45, 2.75) is 24.7 Å². The molecule has 19 heavy (non-hydrogen) atoms. The zero-order valence-electron chi connectivity index (χ0n) is 11.0. The van der Waals surface area contributed by atoms with E-state index in [1.54, 1.807) is 0 Å². The smallest absolute Gasteiger partial charge is 0.247 e. The summed E-state index contributed by atoms with van der Waals surface area (Å²) in [5.41, 5.74) is 2.05. The molecule has 0 fully saturated rings. The fourth-order valence-corrected chi connectivity index (χ4v) is 2.31. The molecule has 0 atom stereocenters. The molecule has 0 aliphatic carbocycles. The van der Waals surface area contributed by atoms with E-state index in [0.717, 1.165) is 11.3 Å². The van der Waals surface area contributed by atoms with Gasteiger partial charge in [-0.15, -0.1) is 10.2 Å². The van der Waals surface area contributed by atoms with E-state index < -0.39 is 5.72 Å². The lowest BCUT2D eigenvalue weighted by Gasteiger charge is -2.26. The van der Waals surface area contributed by atoms with E-state index in [0.29, 0.717) is 16.7 Å². The van der Waals surface area contributed by atoms with Crippen LogP contribution in [0, 0.1) is 0 Å². The van der Waals surface area contributed by atoms with Gasteiger partial charge in [-0.1, -0.05) is 30.0 Å². The molecule has 3 rings (SSSR count). The molecular weight excluding hydrogens is 260 g/mol. The molecule has 0 saturated carbocycles. The Hall–Kier alpha value is -1.82. The highest BCUT2D eigenvalue weighted by molar-refractivity contribution is 7.98. The van der Waals surface area contributed by atoms with Gasteiger partial charge in [0.05, 0.1) is 0 Å². The molecule has 1 aromatic carbocycles. The lowest BCUT2D eigenvalue weighted by Crippen LogP contribution is -2.37. The summed E-state index contributed by atoms with van der Waals surface area (Å²) in [5, 5.41) is 12.3. The molecule has 1 N–H and O–H groups in total. The standard InChI is InChI=1S/C13H14N4OS/c1-13(2)15-9-7-5-4-6-8(9)10-11(18-13)14-12(19-3)17-16-10/h4-7,15H,1-3H3. The van der Waals surface area contributed by atoms with E-state index in [9.17, 15) is 0 Å². The lowest BCUT2D eigenvalue weighted by molar-refractivity contribution is 0.134. The Bertz CT molecular complexity index is 630. The van der Waals surface area contributed by atoms with Gasteiger partial charge in [0.2, 0.25) is 11.0 Å². The van der Waals surface area contributed by atoms with E-state index >= 15 is 0 Å². The van der Waals surface area contributed by atoms with Crippen LogP contribution in [0.1, 0.15) is 13.8 Å². The first-order valence-electron chi connectivity index (χ1n) is 5.94. The van der Waals surface area contributed by atoms with Gasteiger partial charge in [0, 0.05) is 11.3 Å². The van der Waals surface area contributed by atoms with Crippen molar-refractivity contribution in [3.05, 3.63) is 24.3 Å². The Morgan fingerprint density at radius 2 is 2.00 bits per heavy atom. The summed E-state index contributed by atoms with van der Waals surface area (Å²) in [4.78, 5) is 4.41. The summed E-state index contributed by atoms with van der Waals surface area (Å²) in [6.45, 7) is 3.92. The molecule has 6 heteroatoms. The maximum Gasteiger partial charge on any atom is 0.247 e. The van der Waals surface area contributed by atoms with E-state index in [1.165, 1.54) is 11.8 Å². The molecule has 1 aromatic heterocycles. The van der Waals surface area contributed by atoms with E-state index in [-0.39, 0.29) is 0 Å². The number of anilines is 1. The minimum absolute atomic E-state index is 0.516. The van der Waals surface area contributed by atoms with Crippen LogP contribution in [0.15, 0.2) is 29.4 Å². The zero-order valence-corrected chi connectivity index (χ0v) is 11.8. The van der Waals surface area contributed by atoms with Crippen LogP contribution in [-0.2, 0) is 0 Å². The minimum Gasteiger partial charge on any atom is -0.450 e. The Kier molecular flexibility index (Phi) is 2.82. The van der Waals surface area contributed by atoms with Crippen molar-refractivity contribution >= 4 is 17.4 Å². The molecule has 2 aromatic rings. The average molecular weight is 274 g/mol. The highest BCUT2D eigenvalue weighted by Crippen LogP contribution is 2.38. The van der Waals surface area contributed by atoms with Gasteiger partial charge in [-0.3, -0.25) is 0 Å². The highest BCUT2D eigenvalue weighted by atomic mass is 32.2. The highest BCUT2D eigenvalue weighted by Gasteiger charge is 2.29. The quantitative estimate of drug-likeness (QED) is 0.807. The molecular formula is C13H14N4OS. The van der Waals surface area contributed by atoms with E-state index in [2.05, 4.69) is 20.5 Å². The molecule has 98 valence electrons. The predicted octanol–water partition coefficient (Wildman–Crippen LogP) is 2.80. The van der Waals surface area contributed by atoms with Crippen molar-refractivity contribution in [2.24, 2.45) is 0 Å². The van der Waals surface area contributed by atoms with Crippen molar-refractivity contribution < 1.29 is 4.74 Å². The van der Waals surface area contributed by atoms with Crippen LogP contribution in [0.3, 0.4) is 0 Å². The fraction of sp³-hybridized carbons (Fsp3) is 0.308. The third-order valence-electron chi connectivity index (χ3n) is 2.79. The minimum atomic E-state index is -0.549. The summed E-state index contributed by atoms with van der Waals surface area (Å²) in [6, 6.07) is 7.93. The van der Waals surface area contributed by atoms with Gasteiger partial charge >= 0.3 is 0 Å². The molecule has 0 unspecified atom stereocenters. The Labute approximate surface area is 115 Å². The third kappa shape index (κ3) is 2.23. The SMILES string of the molecule is CSc1nnc2c(n1)OC(C)(C)Nc1ccccc1-2. The molecule has 0 radical (unpaired) electrons. The van der Waals surface area contributed by atoms with E-state index in [4.69, 9.17) is 4.74 Å². The lowest BCUT2D eigenvalue weighted by atomic mass is 10.1. The van der Waals surface area contributed by atoms with E-state index in [1.807, 2.05) is 44.4 Å². The van der Waals surface area contributed by atoms with Crippen LogP contribution in [0.25, 0.3) is 11.3 Å². The number of benzene rings is 1. The van der Waals surface area contributed by atoms with Gasteiger partial charge < -0.3 is 10.1 Å². The second kappa shape index (κ2) is 4.38. The van der Waals surface area contributed by atoms with Crippen LogP contribution in [-0.4, -0.2) is 27.2 Å². The first-order valence-corrected chi connectivity index (χ1v) is 7.17. The Balaban J connectivity index is 2.24. The number of ether oxygens (including phenoxy) is 1. The molecule has 2 heterocycles. The number of hydrogen-bond acceptors (Lipinski definition) is 6. The Morgan fingerprint density at radius 1 is 1.21 bits per heavy atom. The summed E-state index contributed by atoms with van der Waals surface area (Å²) in [5.74, 6) is 0.516. The number of nitrogens with zero attached hydrogens (tertiary/aromatic N) is 3.